The van der Waals surface area contributed by atoms with Crippen LogP contribution in [0.15, 0.2) is 12.3 Å². The van der Waals surface area contributed by atoms with Gasteiger partial charge in [-0.1, -0.05) is 6.07 Å². The van der Waals surface area contributed by atoms with Crippen molar-refractivity contribution in [1.29, 1.82) is 0 Å². The Labute approximate surface area is 127 Å². The average Bonchev–Trinajstić information content (AvgIpc) is 2.37. The lowest BCUT2D eigenvalue weighted by Gasteiger charge is -2.33. The summed E-state index contributed by atoms with van der Waals surface area (Å²) in [5, 5.41) is 0. The van der Waals surface area contributed by atoms with Gasteiger partial charge in [-0.2, -0.15) is 0 Å². The fourth-order valence-corrected chi connectivity index (χ4v) is 2.82. The first kappa shape index (κ1) is 15.8. The molecule has 1 saturated heterocycles. The van der Waals surface area contributed by atoms with Crippen LogP contribution in [0.1, 0.15) is 56.4 Å². The van der Waals surface area contributed by atoms with Crippen LogP contribution in [0.2, 0.25) is 0 Å². The number of nitrogens with zero attached hydrogens (tertiary/aromatic N) is 2. The van der Waals surface area contributed by atoms with Crippen LogP contribution >= 0.6 is 0 Å². The standard InChI is InChI=1S/C17H26N2O2/c1-12-10-13(2)15(18-11-12)14-6-8-19(9-7-14)16(20)21-17(3,4)5/h10-11,14H,6-9H2,1-5H3. The monoisotopic (exact) mass is 290 g/mol. The van der Waals surface area contributed by atoms with E-state index >= 15 is 0 Å². The predicted molar refractivity (Wildman–Crippen MR) is 83.5 cm³/mol. The molecule has 0 atom stereocenters. The molecule has 2 rings (SSSR count). The fraction of sp³-hybridized carbons (Fsp3) is 0.647. The molecular weight excluding hydrogens is 264 g/mol. The lowest BCUT2D eigenvalue weighted by molar-refractivity contribution is 0.0204. The van der Waals surface area contributed by atoms with Crippen LogP contribution in [0.4, 0.5) is 4.79 Å². The van der Waals surface area contributed by atoms with Crippen LogP contribution in [-0.2, 0) is 4.74 Å². The number of carbonyl (C=O) groups excluding carboxylic acids is 1. The van der Waals surface area contributed by atoms with Crippen molar-refractivity contribution in [3.63, 3.8) is 0 Å². The van der Waals surface area contributed by atoms with E-state index in [2.05, 4.69) is 24.9 Å². The Bertz CT molecular complexity index is 512. The second-order valence-electron chi connectivity index (χ2n) is 6.96. The van der Waals surface area contributed by atoms with Crippen molar-refractivity contribution in [3.8, 4) is 0 Å². The molecule has 4 heteroatoms. The van der Waals surface area contributed by atoms with Crippen LogP contribution in [0.3, 0.4) is 0 Å². The molecule has 4 nitrogen and oxygen atoms in total. The molecule has 0 aliphatic carbocycles. The SMILES string of the molecule is Cc1cnc(C2CCN(C(=O)OC(C)(C)C)CC2)c(C)c1. The molecular formula is C17H26N2O2. The summed E-state index contributed by atoms with van der Waals surface area (Å²) in [6, 6.07) is 2.18. The van der Waals surface area contributed by atoms with E-state index in [1.54, 1.807) is 0 Å². The summed E-state index contributed by atoms with van der Waals surface area (Å²) in [5.41, 5.74) is 3.21. The average molecular weight is 290 g/mol. The molecule has 1 aromatic heterocycles. The van der Waals surface area contributed by atoms with Gasteiger partial charge in [-0.3, -0.25) is 4.98 Å². The summed E-state index contributed by atoms with van der Waals surface area (Å²) >= 11 is 0. The minimum absolute atomic E-state index is 0.200. The number of likely N-dealkylation sites (tertiary alicyclic amines) is 1. The summed E-state index contributed by atoms with van der Waals surface area (Å²) in [4.78, 5) is 18.5. The van der Waals surface area contributed by atoms with Crippen molar-refractivity contribution in [2.45, 2.75) is 59.0 Å². The Balaban J connectivity index is 1.95. The van der Waals surface area contributed by atoms with Gasteiger partial charge in [-0.25, -0.2) is 4.79 Å². The van der Waals surface area contributed by atoms with Gasteiger partial charge in [0.15, 0.2) is 0 Å². The number of ether oxygens (including phenoxy) is 1. The molecule has 21 heavy (non-hydrogen) atoms. The number of carbonyl (C=O) groups is 1. The molecule has 1 aliphatic heterocycles. The lowest BCUT2D eigenvalue weighted by atomic mass is 9.90. The minimum atomic E-state index is -0.428. The van der Waals surface area contributed by atoms with Crippen LogP contribution in [0, 0.1) is 13.8 Å². The highest BCUT2D eigenvalue weighted by molar-refractivity contribution is 5.68. The predicted octanol–water partition coefficient (Wildman–Crippen LogP) is 3.81. The van der Waals surface area contributed by atoms with Crippen molar-refractivity contribution < 1.29 is 9.53 Å². The smallest absolute Gasteiger partial charge is 0.410 e. The molecule has 0 aromatic carbocycles. The molecule has 0 N–H and O–H groups in total. The van der Waals surface area contributed by atoms with Gasteiger partial charge in [-0.05, 0) is 58.6 Å². The molecule has 1 amide bonds. The van der Waals surface area contributed by atoms with Gasteiger partial charge in [0, 0.05) is 30.9 Å². The van der Waals surface area contributed by atoms with Gasteiger partial charge in [0.25, 0.3) is 0 Å². The lowest BCUT2D eigenvalue weighted by Crippen LogP contribution is -2.41. The van der Waals surface area contributed by atoms with E-state index in [0.29, 0.717) is 5.92 Å². The van der Waals surface area contributed by atoms with Crippen LogP contribution < -0.4 is 0 Å². The van der Waals surface area contributed by atoms with E-state index in [-0.39, 0.29) is 6.09 Å². The number of hydrogen-bond acceptors (Lipinski definition) is 3. The third-order valence-corrected chi connectivity index (χ3v) is 3.79. The highest BCUT2D eigenvalue weighted by atomic mass is 16.6. The maximum atomic E-state index is 12.1. The molecule has 0 saturated carbocycles. The molecule has 0 radical (unpaired) electrons. The number of aromatic nitrogens is 1. The van der Waals surface area contributed by atoms with E-state index in [4.69, 9.17) is 4.74 Å². The van der Waals surface area contributed by atoms with Crippen molar-refractivity contribution in [3.05, 3.63) is 29.1 Å². The van der Waals surface area contributed by atoms with Gasteiger partial charge in [0.1, 0.15) is 5.60 Å². The summed E-state index contributed by atoms with van der Waals surface area (Å²) < 4.78 is 5.43. The molecule has 0 unspecified atom stereocenters. The number of hydrogen-bond donors (Lipinski definition) is 0. The number of aryl methyl sites for hydroxylation is 2. The Morgan fingerprint density at radius 2 is 1.90 bits per heavy atom. The molecule has 0 bridgehead atoms. The van der Waals surface area contributed by atoms with Crippen LogP contribution in [-0.4, -0.2) is 34.7 Å². The molecule has 0 spiro atoms. The van der Waals surface area contributed by atoms with Gasteiger partial charge in [-0.15, -0.1) is 0 Å². The molecule has 1 aliphatic rings. The molecule has 2 heterocycles. The van der Waals surface area contributed by atoms with Gasteiger partial charge < -0.3 is 9.64 Å². The van der Waals surface area contributed by atoms with E-state index in [9.17, 15) is 4.79 Å². The van der Waals surface area contributed by atoms with Gasteiger partial charge in [0.2, 0.25) is 0 Å². The molecule has 1 fully saturated rings. The summed E-state index contributed by atoms with van der Waals surface area (Å²) in [7, 11) is 0. The second-order valence-corrected chi connectivity index (χ2v) is 6.96. The van der Waals surface area contributed by atoms with E-state index in [1.165, 1.54) is 16.8 Å². The second kappa shape index (κ2) is 6.04. The third-order valence-electron chi connectivity index (χ3n) is 3.79. The van der Waals surface area contributed by atoms with Crippen LogP contribution in [0.25, 0.3) is 0 Å². The first-order valence-corrected chi connectivity index (χ1v) is 7.67. The zero-order valence-corrected chi connectivity index (χ0v) is 13.8. The zero-order chi connectivity index (χ0) is 15.6. The summed E-state index contributed by atoms with van der Waals surface area (Å²) in [6.07, 6.45) is 3.64. The maximum Gasteiger partial charge on any atom is 0.410 e. The van der Waals surface area contributed by atoms with E-state index in [0.717, 1.165) is 25.9 Å². The quantitative estimate of drug-likeness (QED) is 0.789. The topological polar surface area (TPSA) is 42.4 Å². The van der Waals surface area contributed by atoms with E-state index in [1.807, 2.05) is 31.9 Å². The largest absolute Gasteiger partial charge is 0.444 e. The molecule has 116 valence electrons. The van der Waals surface area contributed by atoms with Gasteiger partial charge in [0.05, 0.1) is 0 Å². The highest BCUT2D eigenvalue weighted by Crippen LogP contribution is 2.29. The van der Waals surface area contributed by atoms with E-state index < -0.39 is 5.60 Å². The third kappa shape index (κ3) is 4.19. The number of piperidine rings is 1. The first-order chi connectivity index (χ1) is 9.76. The number of rotatable bonds is 1. The van der Waals surface area contributed by atoms with Crippen molar-refractivity contribution in [2.75, 3.05) is 13.1 Å². The Morgan fingerprint density at radius 3 is 2.43 bits per heavy atom. The molecule has 1 aromatic rings. The van der Waals surface area contributed by atoms with Crippen molar-refractivity contribution >= 4 is 6.09 Å². The summed E-state index contributed by atoms with van der Waals surface area (Å²) in [5.74, 6) is 0.448. The number of pyridine rings is 1. The normalized spacial score (nSPS) is 16.9. The Kier molecular flexibility index (Phi) is 4.55. The fourth-order valence-electron chi connectivity index (χ4n) is 2.82. The van der Waals surface area contributed by atoms with Crippen molar-refractivity contribution in [1.82, 2.24) is 9.88 Å². The van der Waals surface area contributed by atoms with Gasteiger partial charge >= 0.3 is 6.09 Å². The first-order valence-electron chi connectivity index (χ1n) is 7.67. The Hall–Kier alpha value is -1.58. The summed E-state index contributed by atoms with van der Waals surface area (Å²) in [6.45, 7) is 11.4. The van der Waals surface area contributed by atoms with Crippen molar-refractivity contribution in [2.24, 2.45) is 0 Å². The number of amides is 1. The zero-order valence-electron chi connectivity index (χ0n) is 13.8. The van der Waals surface area contributed by atoms with Crippen LogP contribution in [0.5, 0.6) is 0 Å². The maximum absolute atomic E-state index is 12.1. The Morgan fingerprint density at radius 1 is 1.29 bits per heavy atom. The highest BCUT2D eigenvalue weighted by Gasteiger charge is 2.28. The minimum Gasteiger partial charge on any atom is -0.444 e.